The second-order valence-corrected chi connectivity index (χ2v) is 6.29. The van der Waals surface area contributed by atoms with Crippen molar-refractivity contribution in [2.75, 3.05) is 44.8 Å². The third-order valence-corrected chi connectivity index (χ3v) is 4.57. The van der Waals surface area contributed by atoms with Crippen LogP contribution < -0.4 is 15.2 Å². The standard InChI is InChI=1S/C19H26N4O3/c1-3-26-14-16-12-15(4-5-17(16)25-2)13-22-8-10-23(11-9-22)18-19(24)21-7-6-20-18/h4-7,12H,3,8-11,13-14H2,1-2H3,(H,21,24). The molecule has 0 amide bonds. The fraction of sp³-hybridized carbons (Fsp3) is 0.474. The van der Waals surface area contributed by atoms with Gasteiger partial charge in [0, 0.05) is 57.3 Å². The lowest BCUT2D eigenvalue weighted by Gasteiger charge is -2.35. The van der Waals surface area contributed by atoms with Crippen LogP contribution in [0.15, 0.2) is 35.4 Å². The highest BCUT2D eigenvalue weighted by molar-refractivity contribution is 5.38. The van der Waals surface area contributed by atoms with Crippen molar-refractivity contribution in [3.63, 3.8) is 0 Å². The first-order valence-electron chi connectivity index (χ1n) is 8.95. The number of H-pyrrole nitrogens is 1. The summed E-state index contributed by atoms with van der Waals surface area (Å²) < 4.78 is 11.0. The van der Waals surface area contributed by atoms with Gasteiger partial charge in [-0.2, -0.15) is 0 Å². The van der Waals surface area contributed by atoms with Crippen molar-refractivity contribution in [1.29, 1.82) is 0 Å². The van der Waals surface area contributed by atoms with Gasteiger partial charge in [0.1, 0.15) is 5.75 Å². The summed E-state index contributed by atoms with van der Waals surface area (Å²) in [6, 6.07) is 6.27. The van der Waals surface area contributed by atoms with Crippen molar-refractivity contribution in [1.82, 2.24) is 14.9 Å². The topological polar surface area (TPSA) is 70.7 Å². The van der Waals surface area contributed by atoms with E-state index in [9.17, 15) is 4.79 Å². The molecule has 0 bridgehead atoms. The Labute approximate surface area is 153 Å². The molecule has 3 rings (SSSR count). The number of benzene rings is 1. The number of nitrogens with one attached hydrogen (secondary N) is 1. The SMILES string of the molecule is CCOCc1cc(CN2CCN(c3ncc[nH]c3=O)CC2)ccc1OC. The molecule has 7 heteroatoms. The molecule has 140 valence electrons. The second-order valence-electron chi connectivity index (χ2n) is 6.29. The van der Waals surface area contributed by atoms with Crippen LogP contribution in [0.25, 0.3) is 0 Å². The molecule has 1 aromatic heterocycles. The van der Waals surface area contributed by atoms with Crippen LogP contribution in [0, 0.1) is 0 Å². The molecule has 2 heterocycles. The Balaban J connectivity index is 1.61. The molecular formula is C19H26N4O3. The first kappa shape index (κ1) is 18.4. The number of methoxy groups -OCH3 is 1. The summed E-state index contributed by atoms with van der Waals surface area (Å²) in [7, 11) is 1.68. The predicted molar refractivity (Wildman–Crippen MR) is 101 cm³/mol. The van der Waals surface area contributed by atoms with E-state index in [0.717, 1.165) is 44.0 Å². The molecule has 1 aromatic carbocycles. The van der Waals surface area contributed by atoms with Gasteiger partial charge in [-0.3, -0.25) is 9.69 Å². The minimum absolute atomic E-state index is 0.128. The molecule has 1 saturated heterocycles. The molecule has 0 aliphatic carbocycles. The van der Waals surface area contributed by atoms with Gasteiger partial charge in [-0.15, -0.1) is 0 Å². The van der Waals surface area contributed by atoms with Crippen LogP contribution in [0.3, 0.4) is 0 Å². The first-order chi connectivity index (χ1) is 12.7. The molecule has 0 atom stereocenters. The number of anilines is 1. The molecule has 0 radical (unpaired) electrons. The Kier molecular flexibility index (Phi) is 6.25. The number of ether oxygens (including phenoxy) is 2. The summed E-state index contributed by atoms with van der Waals surface area (Å²) in [5.74, 6) is 1.37. The molecule has 7 nitrogen and oxygen atoms in total. The Hall–Kier alpha value is -2.38. The molecule has 1 fully saturated rings. The van der Waals surface area contributed by atoms with Gasteiger partial charge in [0.15, 0.2) is 5.82 Å². The molecule has 0 spiro atoms. The largest absolute Gasteiger partial charge is 0.496 e. The summed E-state index contributed by atoms with van der Waals surface area (Å²) in [5, 5.41) is 0. The van der Waals surface area contributed by atoms with Gasteiger partial charge in [-0.25, -0.2) is 4.98 Å². The van der Waals surface area contributed by atoms with Gasteiger partial charge >= 0.3 is 0 Å². The monoisotopic (exact) mass is 358 g/mol. The molecule has 0 saturated carbocycles. The number of rotatable bonds is 7. The minimum atomic E-state index is -0.128. The Morgan fingerprint density at radius 2 is 2.04 bits per heavy atom. The van der Waals surface area contributed by atoms with Crippen LogP contribution >= 0.6 is 0 Å². The van der Waals surface area contributed by atoms with E-state index in [-0.39, 0.29) is 5.56 Å². The second kappa shape index (κ2) is 8.82. The van der Waals surface area contributed by atoms with Gasteiger partial charge < -0.3 is 19.4 Å². The average Bonchev–Trinajstić information content (AvgIpc) is 2.68. The van der Waals surface area contributed by atoms with Crippen LogP contribution in [0.2, 0.25) is 0 Å². The summed E-state index contributed by atoms with van der Waals surface area (Å²) in [5.41, 5.74) is 2.19. The first-order valence-corrected chi connectivity index (χ1v) is 8.95. The van der Waals surface area contributed by atoms with Gasteiger partial charge in [-0.05, 0) is 24.6 Å². The van der Waals surface area contributed by atoms with E-state index in [1.165, 1.54) is 5.56 Å². The number of hydrogen-bond acceptors (Lipinski definition) is 6. The highest BCUT2D eigenvalue weighted by Crippen LogP contribution is 2.22. The zero-order chi connectivity index (χ0) is 18.4. The van der Waals surface area contributed by atoms with Gasteiger partial charge in [0.05, 0.1) is 13.7 Å². The zero-order valence-corrected chi connectivity index (χ0v) is 15.4. The van der Waals surface area contributed by atoms with Crippen LogP contribution in [0.4, 0.5) is 5.82 Å². The van der Waals surface area contributed by atoms with Gasteiger partial charge in [0.2, 0.25) is 0 Å². The lowest BCUT2D eigenvalue weighted by Crippen LogP contribution is -2.47. The van der Waals surface area contributed by atoms with E-state index >= 15 is 0 Å². The van der Waals surface area contributed by atoms with Crippen LogP contribution in [-0.4, -0.2) is 54.8 Å². The van der Waals surface area contributed by atoms with Crippen LogP contribution in [-0.2, 0) is 17.9 Å². The smallest absolute Gasteiger partial charge is 0.290 e. The quantitative estimate of drug-likeness (QED) is 0.811. The maximum Gasteiger partial charge on any atom is 0.290 e. The van der Waals surface area contributed by atoms with Gasteiger partial charge in [0.25, 0.3) is 5.56 Å². The predicted octanol–water partition coefficient (Wildman–Crippen LogP) is 1.64. The van der Waals surface area contributed by atoms with Crippen molar-refractivity contribution in [2.45, 2.75) is 20.1 Å². The third kappa shape index (κ3) is 4.42. The number of aromatic amines is 1. The van der Waals surface area contributed by atoms with E-state index in [0.29, 0.717) is 19.0 Å². The van der Waals surface area contributed by atoms with E-state index in [2.05, 4.69) is 27.0 Å². The Morgan fingerprint density at radius 3 is 2.73 bits per heavy atom. The average molecular weight is 358 g/mol. The molecule has 0 unspecified atom stereocenters. The molecule has 1 aliphatic heterocycles. The molecular weight excluding hydrogens is 332 g/mol. The highest BCUT2D eigenvalue weighted by Gasteiger charge is 2.20. The minimum Gasteiger partial charge on any atom is -0.496 e. The van der Waals surface area contributed by atoms with E-state index < -0.39 is 0 Å². The Bertz CT molecular complexity index is 769. The summed E-state index contributed by atoms with van der Waals surface area (Å²) in [6.07, 6.45) is 3.19. The molecule has 1 aliphatic rings. The van der Waals surface area contributed by atoms with Crippen molar-refractivity contribution in [2.24, 2.45) is 0 Å². The van der Waals surface area contributed by atoms with Crippen molar-refractivity contribution >= 4 is 5.82 Å². The van der Waals surface area contributed by atoms with E-state index in [1.807, 2.05) is 17.9 Å². The summed E-state index contributed by atoms with van der Waals surface area (Å²) >= 11 is 0. The normalized spacial score (nSPS) is 15.2. The van der Waals surface area contributed by atoms with Crippen molar-refractivity contribution in [3.05, 3.63) is 52.1 Å². The van der Waals surface area contributed by atoms with E-state index in [1.54, 1.807) is 19.5 Å². The van der Waals surface area contributed by atoms with E-state index in [4.69, 9.17) is 9.47 Å². The summed E-state index contributed by atoms with van der Waals surface area (Å²) in [6.45, 7) is 7.47. The summed E-state index contributed by atoms with van der Waals surface area (Å²) in [4.78, 5) is 23.2. The Morgan fingerprint density at radius 1 is 1.23 bits per heavy atom. The maximum atomic E-state index is 11.9. The van der Waals surface area contributed by atoms with Gasteiger partial charge in [-0.1, -0.05) is 6.07 Å². The maximum absolute atomic E-state index is 11.9. The number of piperazine rings is 1. The number of aromatic nitrogens is 2. The molecule has 1 N–H and O–H groups in total. The van der Waals surface area contributed by atoms with Crippen molar-refractivity contribution in [3.8, 4) is 5.75 Å². The zero-order valence-electron chi connectivity index (χ0n) is 15.4. The fourth-order valence-electron chi connectivity index (χ4n) is 3.20. The molecule has 26 heavy (non-hydrogen) atoms. The van der Waals surface area contributed by atoms with Crippen LogP contribution in [0.5, 0.6) is 5.75 Å². The number of hydrogen-bond donors (Lipinski definition) is 1. The van der Waals surface area contributed by atoms with Crippen LogP contribution in [0.1, 0.15) is 18.1 Å². The van der Waals surface area contributed by atoms with Crippen molar-refractivity contribution < 1.29 is 9.47 Å². The molecule has 2 aromatic rings. The lowest BCUT2D eigenvalue weighted by molar-refractivity contribution is 0.132. The third-order valence-electron chi connectivity index (χ3n) is 4.57. The number of nitrogens with zero attached hydrogens (tertiary/aromatic N) is 3. The fourth-order valence-corrected chi connectivity index (χ4v) is 3.20. The highest BCUT2D eigenvalue weighted by atomic mass is 16.5. The lowest BCUT2D eigenvalue weighted by atomic mass is 10.1.